The van der Waals surface area contributed by atoms with Crippen LogP contribution in [0.25, 0.3) is 17.5 Å². The fourth-order valence-corrected chi connectivity index (χ4v) is 2.57. The highest BCUT2D eigenvalue weighted by molar-refractivity contribution is 5.91. The summed E-state index contributed by atoms with van der Waals surface area (Å²) in [6.07, 6.45) is 7.39. The minimum absolute atomic E-state index is 0.381. The van der Waals surface area contributed by atoms with Gasteiger partial charge in [-0.1, -0.05) is 11.5 Å². The van der Waals surface area contributed by atoms with Crippen LogP contribution in [0.5, 0.6) is 0 Å². The number of nitrogens with two attached hydrogens (primary N) is 1. The number of H-pyrrole nitrogens is 3. The molecule has 0 aliphatic carbocycles. The Balaban J connectivity index is 1.75. The number of aliphatic imine (C=N–C) groups is 1. The molecule has 1 aliphatic rings. The van der Waals surface area contributed by atoms with Crippen LogP contribution in [0.4, 0.5) is 0 Å². The summed E-state index contributed by atoms with van der Waals surface area (Å²) in [5.74, 6) is -0.480. The van der Waals surface area contributed by atoms with E-state index in [-0.39, 0.29) is 0 Å². The van der Waals surface area contributed by atoms with Crippen LogP contribution in [-0.2, 0) is 0 Å². The molecule has 6 heteroatoms. The highest BCUT2D eigenvalue weighted by Gasteiger charge is 2.01. The van der Waals surface area contributed by atoms with Gasteiger partial charge in [0.25, 0.3) is 5.91 Å². The summed E-state index contributed by atoms with van der Waals surface area (Å²) in [5, 5.41) is 3.40. The maximum Gasteiger partial charge on any atom is 0.265 e. The predicted octanol–water partition coefficient (Wildman–Crippen LogP) is -0.746. The highest BCUT2D eigenvalue weighted by atomic mass is 16.1. The number of carbonyl (C=O) groups excluding carboxylic acids is 1. The summed E-state index contributed by atoms with van der Waals surface area (Å²) in [5.41, 5.74) is 13.6. The van der Waals surface area contributed by atoms with Gasteiger partial charge in [-0.05, 0) is 54.6 Å². The Labute approximate surface area is 147 Å². The molecule has 0 spiro atoms. The van der Waals surface area contributed by atoms with Crippen LogP contribution in [0, 0.1) is 0 Å². The largest absolute Gasteiger partial charge is 0.364 e. The fraction of sp³-hybridized carbons (Fsp3) is 0. The number of hydrogen-bond acceptors (Lipinski definition) is 2. The van der Waals surface area contributed by atoms with Gasteiger partial charge in [-0.15, -0.1) is 0 Å². The number of aromatic amines is 3. The van der Waals surface area contributed by atoms with Gasteiger partial charge in [0.05, 0.1) is 16.0 Å². The molecule has 0 saturated carbocycles. The number of hydrogen-bond donors (Lipinski definition) is 4. The molecule has 1 amide bonds. The molecule has 0 bridgehead atoms. The van der Waals surface area contributed by atoms with E-state index in [1.165, 1.54) is 0 Å². The Morgan fingerprint density at radius 3 is 2.46 bits per heavy atom. The van der Waals surface area contributed by atoms with E-state index in [2.05, 4.69) is 31.4 Å². The lowest BCUT2D eigenvalue weighted by molar-refractivity contribution is 0.0996. The molecule has 3 aromatic rings. The lowest BCUT2D eigenvalue weighted by Crippen LogP contribution is -2.13. The van der Waals surface area contributed by atoms with Crippen molar-refractivity contribution in [3.8, 4) is 0 Å². The minimum atomic E-state index is -0.480. The lowest BCUT2D eigenvalue weighted by Gasteiger charge is -1.87. The number of amides is 1. The van der Waals surface area contributed by atoms with Gasteiger partial charge in [0.1, 0.15) is 11.4 Å². The van der Waals surface area contributed by atoms with Gasteiger partial charge < -0.3 is 20.7 Å². The second-order valence-electron chi connectivity index (χ2n) is 5.72. The molecule has 0 unspecified atom stereocenters. The number of primary amides is 1. The van der Waals surface area contributed by atoms with Crippen LogP contribution < -0.4 is 27.1 Å². The Hall–Kier alpha value is -3.98. The van der Waals surface area contributed by atoms with Gasteiger partial charge in [-0.3, -0.25) is 4.79 Å². The fourth-order valence-electron chi connectivity index (χ4n) is 2.57. The lowest BCUT2D eigenvalue weighted by atomic mass is 10.4. The zero-order valence-electron chi connectivity index (χ0n) is 13.7. The molecule has 0 saturated heterocycles. The molecule has 0 fully saturated rings. The molecule has 3 aromatic heterocycles. The first kappa shape index (κ1) is 15.5. The molecule has 26 heavy (non-hydrogen) atoms. The first-order valence-corrected chi connectivity index (χ1v) is 7.99. The summed E-state index contributed by atoms with van der Waals surface area (Å²) in [7, 11) is 0. The van der Waals surface area contributed by atoms with E-state index >= 15 is 0 Å². The van der Waals surface area contributed by atoms with Gasteiger partial charge in [0.15, 0.2) is 0 Å². The van der Waals surface area contributed by atoms with Gasteiger partial charge in [-0.25, -0.2) is 4.99 Å². The van der Waals surface area contributed by atoms with Crippen LogP contribution in [0.1, 0.15) is 16.2 Å². The first-order chi connectivity index (χ1) is 12.7. The number of allylic oxidation sites excluding steroid dienone is 2. The van der Waals surface area contributed by atoms with Gasteiger partial charge in [0.2, 0.25) is 0 Å². The van der Waals surface area contributed by atoms with Crippen LogP contribution >= 0.6 is 0 Å². The van der Waals surface area contributed by atoms with Crippen LogP contribution in [0.15, 0.2) is 59.2 Å². The van der Waals surface area contributed by atoms with Crippen molar-refractivity contribution in [2.75, 3.05) is 0 Å². The molecule has 0 aromatic carbocycles. The third-order valence-electron chi connectivity index (χ3n) is 3.77. The van der Waals surface area contributed by atoms with Gasteiger partial charge >= 0.3 is 0 Å². The molecular formula is C20H15N5O. The SMILES string of the molecule is NC(=O)c1ccc(C=c2ccc(=C=c3ccc(=C=C4C=CC=N4)[nH]3)[nH]2)[nH]1. The number of nitrogens with zero attached hydrogens (tertiary/aromatic N) is 1. The molecule has 0 radical (unpaired) electrons. The normalized spacial score (nSPS) is 13.2. The molecule has 0 atom stereocenters. The molecule has 5 N–H and O–H groups in total. The van der Waals surface area contributed by atoms with Crippen molar-refractivity contribution in [1.82, 2.24) is 15.0 Å². The third kappa shape index (κ3) is 3.42. The quantitative estimate of drug-likeness (QED) is 0.484. The molecule has 4 rings (SSSR count). The van der Waals surface area contributed by atoms with E-state index in [0.29, 0.717) is 5.69 Å². The monoisotopic (exact) mass is 341 g/mol. The standard InChI is InChI=1S/C20H15N5O/c21-20(26)19-8-7-18(25-19)12-17-6-5-16(24-17)11-15-4-3-14(23-15)10-13-2-1-9-22-13/h1-9,12,23-25H,(H2,21,26). The third-order valence-corrected chi connectivity index (χ3v) is 3.77. The Morgan fingerprint density at radius 1 is 0.962 bits per heavy atom. The maximum absolute atomic E-state index is 11.1. The van der Waals surface area contributed by atoms with Crippen molar-refractivity contribution in [3.05, 3.63) is 87.0 Å². The minimum Gasteiger partial charge on any atom is -0.364 e. The van der Waals surface area contributed by atoms with Crippen molar-refractivity contribution in [3.63, 3.8) is 0 Å². The van der Waals surface area contributed by atoms with Crippen molar-refractivity contribution >= 4 is 29.7 Å². The molecule has 4 heterocycles. The number of nitrogens with one attached hydrogen (secondary N) is 3. The van der Waals surface area contributed by atoms with E-state index in [4.69, 9.17) is 5.73 Å². The van der Waals surface area contributed by atoms with Crippen molar-refractivity contribution < 1.29 is 4.79 Å². The van der Waals surface area contributed by atoms with Crippen molar-refractivity contribution in [1.29, 1.82) is 0 Å². The Morgan fingerprint density at radius 2 is 1.73 bits per heavy atom. The number of rotatable bonds is 2. The number of carbonyl (C=O) groups is 1. The molecule has 126 valence electrons. The van der Waals surface area contributed by atoms with E-state index in [9.17, 15) is 4.79 Å². The topological polar surface area (TPSA) is 103 Å². The zero-order valence-corrected chi connectivity index (χ0v) is 13.7. The van der Waals surface area contributed by atoms with E-state index in [1.54, 1.807) is 18.3 Å². The zero-order chi connectivity index (χ0) is 17.9. The number of aromatic nitrogens is 3. The molecule has 1 aliphatic heterocycles. The van der Waals surface area contributed by atoms with Crippen LogP contribution in [-0.4, -0.2) is 27.1 Å². The summed E-state index contributed by atoms with van der Waals surface area (Å²) >= 11 is 0. The van der Waals surface area contributed by atoms with Gasteiger partial charge in [0, 0.05) is 17.3 Å². The average molecular weight is 341 g/mol. The summed E-state index contributed by atoms with van der Waals surface area (Å²) in [6.45, 7) is 0. The summed E-state index contributed by atoms with van der Waals surface area (Å²) in [4.78, 5) is 24.7. The second-order valence-corrected chi connectivity index (χ2v) is 5.72. The summed E-state index contributed by atoms with van der Waals surface area (Å²) in [6, 6.07) is 11.2. The Bertz CT molecular complexity index is 1320. The second kappa shape index (κ2) is 6.49. The smallest absolute Gasteiger partial charge is 0.265 e. The Kier molecular flexibility index (Phi) is 3.88. The van der Waals surface area contributed by atoms with E-state index in [1.807, 2.05) is 42.5 Å². The molecular weight excluding hydrogens is 326 g/mol. The van der Waals surface area contributed by atoms with Crippen molar-refractivity contribution in [2.45, 2.75) is 0 Å². The first-order valence-electron chi connectivity index (χ1n) is 7.99. The predicted molar refractivity (Wildman–Crippen MR) is 100 cm³/mol. The highest BCUT2D eigenvalue weighted by Crippen LogP contribution is 2.01. The molecule has 6 nitrogen and oxygen atoms in total. The maximum atomic E-state index is 11.1. The van der Waals surface area contributed by atoms with Gasteiger partial charge in [-0.2, -0.15) is 0 Å². The van der Waals surface area contributed by atoms with E-state index in [0.717, 1.165) is 32.8 Å². The summed E-state index contributed by atoms with van der Waals surface area (Å²) < 4.78 is 0. The average Bonchev–Trinajstić information content (AvgIpc) is 3.38. The van der Waals surface area contributed by atoms with Crippen molar-refractivity contribution in [2.24, 2.45) is 10.7 Å². The van der Waals surface area contributed by atoms with E-state index < -0.39 is 5.91 Å². The van der Waals surface area contributed by atoms with Crippen LogP contribution in [0.3, 0.4) is 0 Å². The van der Waals surface area contributed by atoms with Crippen LogP contribution in [0.2, 0.25) is 0 Å².